The van der Waals surface area contributed by atoms with Gasteiger partial charge in [-0.2, -0.15) is 0 Å². The summed E-state index contributed by atoms with van der Waals surface area (Å²) in [6, 6.07) is 7.08. The molecular formula is C16H20ClN3O4S2. The van der Waals surface area contributed by atoms with Crippen LogP contribution in [0.25, 0.3) is 11.5 Å². The molecule has 142 valence electrons. The van der Waals surface area contributed by atoms with Gasteiger partial charge in [-0.05, 0) is 36.8 Å². The summed E-state index contributed by atoms with van der Waals surface area (Å²) in [4.78, 5) is 2.25. The van der Waals surface area contributed by atoms with Crippen LogP contribution in [-0.4, -0.2) is 60.9 Å². The Kier molecular flexibility index (Phi) is 6.13. The lowest BCUT2D eigenvalue weighted by molar-refractivity contribution is 0.0973. The summed E-state index contributed by atoms with van der Waals surface area (Å²) in [5, 5.41) is 5.01. The molecule has 0 bridgehead atoms. The fourth-order valence-corrected chi connectivity index (χ4v) is 5.08. The van der Waals surface area contributed by atoms with Gasteiger partial charge >= 0.3 is 0 Å². The molecule has 1 atom stereocenters. The zero-order valence-electron chi connectivity index (χ0n) is 14.3. The second-order valence-corrected chi connectivity index (χ2v) is 9.20. The Morgan fingerprint density at radius 1 is 1.50 bits per heavy atom. The fraction of sp³-hybridized carbons (Fsp3) is 0.500. The average molecular weight is 418 g/mol. The first-order chi connectivity index (χ1) is 12.4. The third kappa shape index (κ3) is 4.72. The van der Waals surface area contributed by atoms with Gasteiger partial charge in [0.25, 0.3) is 4.84 Å². The number of aromatic nitrogens is 2. The number of halogens is 1. The van der Waals surface area contributed by atoms with E-state index < -0.39 is 9.84 Å². The first-order valence-corrected chi connectivity index (χ1v) is 10.8. The lowest BCUT2D eigenvalue weighted by Gasteiger charge is -2.27. The Morgan fingerprint density at radius 3 is 2.96 bits per heavy atom. The monoisotopic (exact) mass is 417 g/mol. The molecule has 1 aromatic carbocycles. The number of ether oxygens (including phenoxy) is 1. The van der Waals surface area contributed by atoms with Gasteiger partial charge in [0.15, 0.2) is 9.84 Å². The SMILES string of the molecule is COCCN(Cn1nc(-c2cccc(Cl)c2)oc1=S)[C@H]1CCS(=O)(=O)C1. The van der Waals surface area contributed by atoms with Crippen molar-refractivity contribution >= 4 is 33.7 Å². The van der Waals surface area contributed by atoms with Crippen molar-refractivity contribution in [2.45, 2.75) is 19.1 Å². The fourth-order valence-electron chi connectivity index (χ4n) is 2.95. The van der Waals surface area contributed by atoms with Crippen LogP contribution in [0.5, 0.6) is 0 Å². The minimum absolute atomic E-state index is 0.0802. The first-order valence-electron chi connectivity index (χ1n) is 8.15. The Hall–Kier alpha value is -1.26. The molecule has 2 heterocycles. The molecule has 7 nitrogen and oxygen atoms in total. The molecule has 0 spiro atoms. The van der Waals surface area contributed by atoms with Crippen molar-refractivity contribution in [2.75, 3.05) is 31.8 Å². The summed E-state index contributed by atoms with van der Waals surface area (Å²) in [5.74, 6) is 0.727. The quantitative estimate of drug-likeness (QED) is 0.641. The molecule has 1 fully saturated rings. The van der Waals surface area contributed by atoms with E-state index in [1.165, 1.54) is 0 Å². The van der Waals surface area contributed by atoms with Gasteiger partial charge in [0.1, 0.15) is 0 Å². The van der Waals surface area contributed by atoms with Crippen LogP contribution in [0.1, 0.15) is 6.42 Å². The van der Waals surface area contributed by atoms with Crippen molar-refractivity contribution in [3.05, 3.63) is 34.1 Å². The van der Waals surface area contributed by atoms with E-state index in [9.17, 15) is 8.42 Å². The summed E-state index contributed by atoms with van der Waals surface area (Å²) in [5.41, 5.74) is 0.731. The standard InChI is InChI=1S/C16H20ClN3O4S2/c1-23-7-6-19(14-5-8-26(21,22)10-14)11-20-16(25)24-15(18-20)12-3-2-4-13(17)9-12/h2-4,9,14H,5-8,10-11H2,1H3/t14-/m0/s1. The number of nitrogens with zero attached hydrogens (tertiary/aromatic N) is 3. The van der Waals surface area contributed by atoms with Crippen LogP contribution < -0.4 is 0 Å². The Balaban J connectivity index is 1.81. The maximum atomic E-state index is 11.8. The maximum Gasteiger partial charge on any atom is 0.288 e. The van der Waals surface area contributed by atoms with E-state index in [0.717, 1.165) is 5.56 Å². The van der Waals surface area contributed by atoms with Crippen LogP contribution >= 0.6 is 23.8 Å². The van der Waals surface area contributed by atoms with Crippen LogP contribution in [0.4, 0.5) is 0 Å². The topological polar surface area (TPSA) is 77.6 Å². The van der Waals surface area contributed by atoms with Crippen molar-refractivity contribution in [1.82, 2.24) is 14.7 Å². The highest BCUT2D eigenvalue weighted by Gasteiger charge is 2.32. The molecule has 1 aliphatic heterocycles. The number of methoxy groups -OCH3 is 1. The Labute approximate surface area is 162 Å². The molecule has 1 aromatic heterocycles. The molecule has 3 rings (SSSR count). The van der Waals surface area contributed by atoms with Gasteiger partial charge in [-0.25, -0.2) is 13.1 Å². The van der Waals surface area contributed by atoms with Crippen molar-refractivity contribution in [3.63, 3.8) is 0 Å². The normalized spacial score (nSPS) is 19.3. The Morgan fingerprint density at radius 2 is 2.31 bits per heavy atom. The van der Waals surface area contributed by atoms with Crippen molar-refractivity contribution in [3.8, 4) is 11.5 Å². The number of hydrogen-bond donors (Lipinski definition) is 0. The third-order valence-corrected chi connectivity index (χ3v) is 6.58. The van der Waals surface area contributed by atoms with E-state index in [1.54, 1.807) is 23.9 Å². The molecular weight excluding hydrogens is 398 g/mol. The van der Waals surface area contributed by atoms with E-state index in [0.29, 0.717) is 37.2 Å². The molecule has 0 radical (unpaired) electrons. The highest BCUT2D eigenvalue weighted by atomic mass is 35.5. The number of sulfone groups is 1. The number of rotatable bonds is 7. The largest absolute Gasteiger partial charge is 0.409 e. The lowest BCUT2D eigenvalue weighted by Crippen LogP contribution is -2.40. The molecule has 1 aliphatic rings. The van der Waals surface area contributed by atoms with Gasteiger partial charge in [-0.15, -0.1) is 5.10 Å². The van der Waals surface area contributed by atoms with Crippen LogP contribution in [0.2, 0.25) is 5.02 Å². The molecule has 10 heteroatoms. The van der Waals surface area contributed by atoms with E-state index in [2.05, 4.69) is 5.10 Å². The molecule has 0 saturated carbocycles. The van der Waals surface area contributed by atoms with Gasteiger partial charge in [-0.1, -0.05) is 17.7 Å². The van der Waals surface area contributed by atoms with Crippen LogP contribution in [0, 0.1) is 4.84 Å². The van der Waals surface area contributed by atoms with Crippen LogP contribution in [0.3, 0.4) is 0 Å². The second-order valence-electron chi connectivity index (χ2n) is 6.19. The number of benzene rings is 1. The molecule has 0 aliphatic carbocycles. The maximum absolute atomic E-state index is 11.8. The van der Waals surface area contributed by atoms with Crippen molar-refractivity contribution < 1.29 is 17.6 Å². The van der Waals surface area contributed by atoms with Crippen molar-refractivity contribution in [1.29, 1.82) is 0 Å². The summed E-state index contributed by atoms with van der Waals surface area (Å²) in [6.07, 6.45) is 0.596. The molecule has 0 amide bonds. The van der Waals surface area contributed by atoms with E-state index >= 15 is 0 Å². The summed E-state index contributed by atoms with van der Waals surface area (Å²) >= 11 is 11.3. The average Bonchev–Trinajstić information content (AvgIpc) is 3.14. The second kappa shape index (κ2) is 8.18. The molecule has 0 N–H and O–H groups in total. The van der Waals surface area contributed by atoms with E-state index in [-0.39, 0.29) is 22.4 Å². The predicted octanol–water partition coefficient (Wildman–Crippen LogP) is 2.62. The van der Waals surface area contributed by atoms with E-state index in [1.807, 2.05) is 17.0 Å². The smallest absolute Gasteiger partial charge is 0.288 e. The van der Waals surface area contributed by atoms with E-state index in [4.69, 9.17) is 33.0 Å². The lowest BCUT2D eigenvalue weighted by atomic mass is 10.2. The first kappa shape index (κ1) is 19.5. The van der Waals surface area contributed by atoms with Gasteiger partial charge < -0.3 is 9.15 Å². The van der Waals surface area contributed by atoms with Gasteiger partial charge in [0, 0.05) is 30.3 Å². The van der Waals surface area contributed by atoms with Crippen LogP contribution in [0.15, 0.2) is 28.7 Å². The highest BCUT2D eigenvalue weighted by Crippen LogP contribution is 2.23. The third-order valence-electron chi connectivity index (χ3n) is 4.30. The van der Waals surface area contributed by atoms with Crippen molar-refractivity contribution in [2.24, 2.45) is 0 Å². The summed E-state index contributed by atoms with van der Waals surface area (Å²) in [6.45, 7) is 1.41. The van der Waals surface area contributed by atoms with Gasteiger partial charge in [0.05, 0.1) is 24.8 Å². The number of hydrogen-bond acceptors (Lipinski definition) is 7. The summed E-state index contributed by atoms with van der Waals surface area (Å²) in [7, 11) is -1.37. The minimum atomic E-state index is -2.99. The molecule has 26 heavy (non-hydrogen) atoms. The predicted molar refractivity (Wildman–Crippen MR) is 101 cm³/mol. The molecule has 1 saturated heterocycles. The molecule has 2 aromatic rings. The highest BCUT2D eigenvalue weighted by molar-refractivity contribution is 7.91. The Bertz CT molecular complexity index is 926. The zero-order valence-corrected chi connectivity index (χ0v) is 16.7. The van der Waals surface area contributed by atoms with Crippen LogP contribution in [-0.2, 0) is 21.2 Å². The zero-order chi connectivity index (χ0) is 18.7. The van der Waals surface area contributed by atoms with Gasteiger partial charge in [0.2, 0.25) is 5.89 Å². The van der Waals surface area contributed by atoms with Gasteiger partial charge in [-0.3, -0.25) is 4.90 Å². The molecule has 0 unspecified atom stereocenters. The minimum Gasteiger partial charge on any atom is -0.409 e. The summed E-state index contributed by atoms with van der Waals surface area (Å²) < 4.78 is 36.0.